The van der Waals surface area contributed by atoms with E-state index in [4.69, 9.17) is 5.73 Å². The number of hydrogen-bond donors (Lipinski definition) is 2. The molecule has 0 saturated heterocycles. The van der Waals surface area contributed by atoms with Gasteiger partial charge in [0.25, 0.3) is 0 Å². The van der Waals surface area contributed by atoms with E-state index in [-0.39, 0.29) is 5.82 Å². The van der Waals surface area contributed by atoms with Gasteiger partial charge >= 0.3 is 0 Å². The Kier molecular flexibility index (Phi) is 3.25. The largest absolute Gasteiger partial charge is 0.398 e. The molecule has 72 valence electrons. The molecule has 2 nitrogen and oxygen atoms in total. The highest BCUT2D eigenvalue weighted by Gasteiger charge is 2.05. The molecule has 0 spiro atoms. The third-order valence-electron chi connectivity index (χ3n) is 1.84. The summed E-state index contributed by atoms with van der Waals surface area (Å²) in [5, 5.41) is 3.12. The van der Waals surface area contributed by atoms with E-state index in [1.807, 2.05) is 13.8 Å². The number of anilines is 1. The van der Waals surface area contributed by atoms with Crippen LogP contribution in [0.15, 0.2) is 18.2 Å². The van der Waals surface area contributed by atoms with Crippen LogP contribution in [-0.4, -0.2) is 6.04 Å². The quantitative estimate of drug-likeness (QED) is 0.701. The average molecular weight is 182 g/mol. The number of nitrogen functional groups attached to an aromatic ring is 1. The first kappa shape index (κ1) is 9.99. The maximum Gasteiger partial charge on any atom is 0.129 e. The van der Waals surface area contributed by atoms with Crippen LogP contribution < -0.4 is 11.1 Å². The fraction of sp³-hybridized carbons (Fsp3) is 0.400. The van der Waals surface area contributed by atoms with Crippen molar-refractivity contribution in [3.05, 3.63) is 29.6 Å². The van der Waals surface area contributed by atoms with Gasteiger partial charge in [0.05, 0.1) is 0 Å². The molecular weight excluding hydrogens is 167 g/mol. The standard InChI is InChI=1S/C10H15FN2/c1-7(2)13-6-8-9(11)4-3-5-10(8)12/h3-5,7,13H,6,12H2,1-2H3. The van der Waals surface area contributed by atoms with Gasteiger partial charge in [0.15, 0.2) is 0 Å². The van der Waals surface area contributed by atoms with Crippen LogP contribution >= 0.6 is 0 Å². The van der Waals surface area contributed by atoms with Gasteiger partial charge in [-0.1, -0.05) is 19.9 Å². The molecule has 0 unspecified atom stereocenters. The monoisotopic (exact) mass is 182 g/mol. The summed E-state index contributed by atoms with van der Waals surface area (Å²) < 4.78 is 13.2. The normalized spacial score (nSPS) is 10.8. The second kappa shape index (κ2) is 4.23. The van der Waals surface area contributed by atoms with Crippen molar-refractivity contribution in [1.29, 1.82) is 0 Å². The molecule has 0 aromatic heterocycles. The molecule has 0 amide bonds. The Morgan fingerprint density at radius 3 is 2.69 bits per heavy atom. The lowest BCUT2D eigenvalue weighted by atomic mass is 10.1. The molecule has 0 bridgehead atoms. The third kappa shape index (κ3) is 2.70. The van der Waals surface area contributed by atoms with Crippen molar-refractivity contribution in [2.24, 2.45) is 0 Å². The van der Waals surface area contributed by atoms with E-state index in [2.05, 4.69) is 5.32 Å². The van der Waals surface area contributed by atoms with Gasteiger partial charge in [-0.3, -0.25) is 0 Å². The first-order chi connectivity index (χ1) is 6.11. The van der Waals surface area contributed by atoms with E-state index in [9.17, 15) is 4.39 Å². The Balaban J connectivity index is 2.75. The Labute approximate surface area is 77.9 Å². The summed E-state index contributed by atoms with van der Waals surface area (Å²) in [6.45, 7) is 4.50. The maximum absolute atomic E-state index is 13.2. The first-order valence-electron chi connectivity index (χ1n) is 4.37. The zero-order valence-electron chi connectivity index (χ0n) is 7.97. The fourth-order valence-electron chi connectivity index (χ4n) is 1.07. The molecule has 3 heteroatoms. The van der Waals surface area contributed by atoms with Crippen molar-refractivity contribution < 1.29 is 4.39 Å². The molecule has 0 heterocycles. The van der Waals surface area contributed by atoms with Crippen molar-refractivity contribution in [2.75, 3.05) is 5.73 Å². The SMILES string of the molecule is CC(C)NCc1c(N)cccc1F. The summed E-state index contributed by atoms with van der Waals surface area (Å²) >= 11 is 0. The van der Waals surface area contributed by atoms with Crippen molar-refractivity contribution in [1.82, 2.24) is 5.32 Å². The van der Waals surface area contributed by atoms with E-state index in [0.717, 1.165) is 0 Å². The van der Waals surface area contributed by atoms with Crippen molar-refractivity contribution in [3.8, 4) is 0 Å². The van der Waals surface area contributed by atoms with Crippen LogP contribution in [0.1, 0.15) is 19.4 Å². The second-order valence-electron chi connectivity index (χ2n) is 3.34. The third-order valence-corrected chi connectivity index (χ3v) is 1.84. The highest BCUT2D eigenvalue weighted by molar-refractivity contribution is 5.47. The number of benzene rings is 1. The van der Waals surface area contributed by atoms with Crippen LogP contribution in [-0.2, 0) is 6.54 Å². The zero-order chi connectivity index (χ0) is 9.84. The molecule has 1 aromatic rings. The number of nitrogens with one attached hydrogen (secondary N) is 1. The van der Waals surface area contributed by atoms with Gasteiger partial charge in [0, 0.05) is 23.8 Å². The van der Waals surface area contributed by atoms with Gasteiger partial charge in [0.1, 0.15) is 5.82 Å². The van der Waals surface area contributed by atoms with Crippen LogP contribution in [0.5, 0.6) is 0 Å². The molecule has 0 aliphatic heterocycles. The second-order valence-corrected chi connectivity index (χ2v) is 3.34. The minimum Gasteiger partial charge on any atom is -0.398 e. The molecule has 0 radical (unpaired) electrons. The van der Waals surface area contributed by atoms with Crippen molar-refractivity contribution >= 4 is 5.69 Å². The zero-order valence-corrected chi connectivity index (χ0v) is 7.97. The minimum atomic E-state index is -0.242. The summed E-state index contributed by atoms with van der Waals surface area (Å²) in [5.41, 5.74) is 6.69. The van der Waals surface area contributed by atoms with E-state index >= 15 is 0 Å². The maximum atomic E-state index is 13.2. The van der Waals surface area contributed by atoms with E-state index in [1.165, 1.54) is 6.07 Å². The Morgan fingerprint density at radius 2 is 2.15 bits per heavy atom. The van der Waals surface area contributed by atoms with Gasteiger partial charge in [0.2, 0.25) is 0 Å². The predicted molar refractivity (Wildman–Crippen MR) is 52.8 cm³/mol. The van der Waals surface area contributed by atoms with E-state index in [1.54, 1.807) is 12.1 Å². The van der Waals surface area contributed by atoms with Gasteiger partial charge in [-0.25, -0.2) is 4.39 Å². The minimum absolute atomic E-state index is 0.242. The van der Waals surface area contributed by atoms with Crippen molar-refractivity contribution in [3.63, 3.8) is 0 Å². The number of hydrogen-bond acceptors (Lipinski definition) is 2. The fourth-order valence-corrected chi connectivity index (χ4v) is 1.07. The average Bonchev–Trinajstić information content (AvgIpc) is 2.03. The molecule has 0 saturated carbocycles. The van der Waals surface area contributed by atoms with Crippen LogP contribution in [0.4, 0.5) is 10.1 Å². The van der Waals surface area contributed by atoms with Crippen LogP contribution in [0.25, 0.3) is 0 Å². The number of halogens is 1. The summed E-state index contributed by atoms with van der Waals surface area (Å²) in [6.07, 6.45) is 0. The number of rotatable bonds is 3. The first-order valence-corrected chi connectivity index (χ1v) is 4.37. The lowest BCUT2D eigenvalue weighted by Gasteiger charge is -2.10. The van der Waals surface area contributed by atoms with Gasteiger partial charge in [-0.05, 0) is 12.1 Å². The summed E-state index contributed by atoms with van der Waals surface area (Å²) in [7, 11) is 0. The molecular formula is C10H15FN2. The van der Waals surface area contributed by atoms with Gasteiger partial charge < -0.3 is 11.1 Å². The number of nitrogens with two attached hydrogens (primary N) is 1. The highest BCUT2D eigenvalue weighted by Crippen LogP contribution is 2.14. The smallest absolute Gasteiger partial charge is 0.129 e. The molecule has 13 heavy (non-hydrogen) atoms. The Hall–Kier alpha value is -1.09. The molecule has 0 aliphatic carbocycles. The topological polar surface area (TPSA) is 38.0 Å². The summed E-state index contributed by atoms with van der Waals surface area (Å²) in [5.74, 6) is -0.242. The molecule has 3 N–H and O–H groups in total. The molecule has 0 atom stereocenters. The van der Waals surface area contributed by atoms with Gasteiger partial charge in [-0.15, -0.1) is 0 Å². The van der Waals surface area contributed by atoms with Crippen LogP contribution in [0, 0.1) is 5.82 Å². The van der Waals surface area contributed by atoms with Crippen LogP contribution in [0.3, 0.4) is 0 Å². The van der Waals surface area contributed by atoms with Crippen LogP contribution in [0.2, 0.25) is 0 Å². The van der Waals surface area contributed by atoms with Crippen molar-refractivity contribution in [2.45, 2.75) is 26.4 Å². The van der Waals surface area contributed by atoms with E-state index < -0.39 is 0 Å². The lowest BCUT2D eigenvalue weighted by Crippen LogP contribution is -2.23. The Bertz CT molecular complexity index is 264. The Morgan fingerprint density at radius 1 is 1.46 bits per heavy atom. The summed E-state index contributed by atoms with van der Waals surface area (Å²) in [6, 6.07) is 5.08. The van der Waals surface area contributed by atoms with E-state index in [0.29, 0.717) is 23.8 Å². The molecule has 0 fully saturated rings. The lowest BCUT2D eigenvalue weighted by molar-refractivity contribution is 0.554. The summed E-state index contributed by atoms with van der Waals surface area (Å²) in [4.78, 5) is 0. The van der Waals surface area contributed by atoms with Gasteiger partial charge in [-0.2, -0.15) is 0 Å². The molecule has 0 aliphatic rings. The highest BCUT2D eigenvalue weighted by atomic mass is 19.1. The molecule has 1 aromatic carbocycles. The predicted octanol–water partition coefficient (Wildman–Crippen LogP) is 1.91. The molecule has 1 rings (SSSR count).